The van der Waals surface area contributed by atoms with E-state index < -0.39 is 0 Å². The molecule has 18 heavy (non-hydrogen) atoms. The fourth-order valence-corrected chi connectivity index (χ4v) is 1.68. The standard InChI is InChI=1S/C13H26N2O3/c1-9(2)8-11(14-4)12(16)15-7-6-10(3)13(17)18-5/h9-11,14H,6-8H2,1-5H3,(H,15,16)/t10-,11-/m0/s1. The second-order valence-corrected chi connectivity index (χ2v) is 4.97. The largest absolute Gasteiger partial charge is 0.469 e. The molecule has 1 amide bonds. The molecule has 0 aliphatic heterocycles. The second-order valence-electron chi connectivity index (χ2n) is 4.97. The zero-order valence-corrected chi connectivity index (χ0v) is 12.1. The van der Waals surface area contributed by atoms with Crippen LogP contribution in [0.5, 0.6) is 0 Å². The van der Waals surface area contributed by atoms with E-state index in [0.29, 0.717) is 18.9 Å². The van der Waals surface area contributed by atoms with Crippen molar-refractivity contribution in [2.45, 2.75) is 39.7 Å². The molecular weight excluding hydrogens is 232 g/mol. The number of hydrogen-bond donors (Lipinski definition) is 2. The molecule has 0 spiro atoms. The third-order valence-electron chi connectivity index (χ3n) is 2.85. The summed E-state index contributed by atoms with van der Waals surface area (Å²) in [7, 11) is 3.15. The maximum Gasteiger partial charge on any atom is 0.308 e. The van der Waals surface area contributed by atoms with Crippen molar-refractivity contribution >= 4 is 11.9 Å². The lowest BCUT2D eigenvalue weighted by atomic mass is 10.0. The van der Waals surface area contributed by atoms with E-state index in [1.54, 1.807) is 14.0 Å². The highest BCUT2D eigenvalue weighted by atomic mass is 16.5. The van der Waals surface area contributed by atoms with E-state index in [-0.39, 0.29) is 23.8 Å². The van der Waals surface area contributed by atoms with Gasteiger partial charge in [-0.15, -0.1) is 0 Å². The van der Waals surface area contributed by atoms with Crippen LogP contribution in [-0.2, 0) is 14.3 Å². The van der Waals surface area contributed by atoms with E-state index in [9.17, 15) is 9.59 Å². The fourth-order valence-electron chi connectivity index (χ4n) is 1.68. The summed E-state index contributed by atoms with van der Waals surface area (Å²) in [5.41, 5.74) is 0. The predicted molar refractivity (Wildman–Crippen MR) is 71.1 cm³/mol. The van der Waals surface area contributed by atoms with Crippen LogP contribution in [0.1, 0.15) is 33.6 Å². The minimum absolute atomic E-state index is 0.0109. The Hall–Kier alpha value is -1.10. The van der Waals surface area contributed by atoms with Crippen LogP contribution in [-0.4, -0.2) is 38.6 Å². The lowest BCUT2D eigenvalue weighted by Crippen LogP contribution is -2.44. The van der Waals surface area contributed by atoms with Gasteiger partial charge < -0.3 is 15.4 Å². The van der Waals surface area contributed by atoms with Crippen molar-refractivity contribution in [3.8, 4) is 0 Å². The van der Waals surface area contributed by atoms with Crippen molar-refractivity contribution in [1.82, 2.24) is 10.6 Å². The highest BCUT2D eigenvalue weighted by Crippen LogP contribution is 2.05. The Morgan fingerprint density at radius 2 is 1.83 bits per heavy atom. The van der Waals surface area contributed by atoms with Gasteiger partial charge in [-0.2, -0.15) is 0 Å². The zero-order valence-electron chi connectivity index (χ0n) is 12.1. The summed E-state index contributed by atoms with van der Waals surface area (Å²) >= 11 is 0. The first-order valence-electron chi connectivity index (χ1n) is 6.45. The van der Waals surface area contributed by atoms with E-state index in [1.807, 2.05) is 0 Å². The van der Waals surface area contributed by atoms with Gasteiger partial charge in [-0.05, 0) is 25.8 Å². The molecule has 2 N–H and O–H groups in total. The zero-order chi connectivity index (χ0) is 14.1. The Kier molecular flexibility index (Phi) is 8.37. The SMILES string of the molecule is CN[C@@H](CC(C)C)C(=O)NCC[C@H](C)C(=O)OC. The van der Waals surface area contributed by atoms with Crippen LogP contribution in [0.2, 0.25) is 0 Å². The Balaban J connectivity index is 3.97. The molecule has 0 aromatic carbocycles. The third-order valence-corrected chi connectivity index (χ3v) is 2.85. The molecule has 5 nitrogen and oxygen atoms in total. The molecule has 0 fully saturated rings. The molecule has 0 radical (unpaired) electrons. The molecule has 0 saturated carbocycles. The van der Waals surface area contributed by atoms with Gasteiger partial charge in [-0.25, -0.2) is 0 Å². The van der Waals surface area contributed by atoms with Crippen LogP contribution >= 0.6 is 0 Å². The van der Waals surface area contributed by atoms with Crippen LogP contribution in [0.3, 0.4) is 0 Å². The van der Waals surface area contributed by atoms with Crippen molar-refractivity contribution in [3.63, 3.8) is 0 Å². The van der Waals surface area contributed by atoms with Gasteiger partial charge in [-0.1, -0.05) is 20.8 Å². The topological polar surface area (TPSA) is 67.4 Å². The Morgan fingerprint density at radius 1 is 1.22 bits per heavy atom. The number of rotatable bonds is 8. The Morgan fingerprint density at radius 3 is 2.28 bits per heavy atom. The van der Waals surface area contributed by atoms with E-state index in [0.717, 1.165) is 6.42 Å². The summed E-state index contributed by atoms with van der Waals surface area (Å²) in [6.45, 7) is 6.45. The maximum atomic E-state index is 11.8. The molecule has 0 saturated heterocycles. The molecule has 0 aliphatic rings. The number of carbonyl (C=O) groups excluding carboxylic acids is 2. The molecule has 0 aromatic heterocycles. The number of amides is 1. The van der Waals surface area contributed by atoms with E-state index in [4.69, 9.17) is 0 Å². The third kappa shape index (κ3) is 6.59. The van der Waals surface area contributed by atoms with Crippen molar-refractivity contribution < 1.29 is 14.3 Å². The molecule has 5 heteroatoms. The molecule has 0 heterocycles. The normalized spacial score (nSPS) is 14.1. The quantitative estimate of drug-likeness (QED) is 0.636. The number of carbonyl (C=O) groups is 2. The van der Waals surface area contributed by atoms with Gasteiger partial charge in [0.2, 0.25) is 5.91 Å². The van der Waals surface area contributed by atoms with Crippen molar-refractivity contribution in [1.29, 1.82) is 0 Å². The number of esters is 1. The molecule has 0 aliphatic carbocycles. The van der Waals surface area contributed by atoms with Gasteiger partial charge in [0, 0.05) is 6.54 Å². The van der Waals surface area contributed by atoms with Crippen molar-refractivity contribution in [3.05, 3.63) is 0 Å². The first-order valence-corrected chi connectivity index (χ1v) is 6.45. The number of hydrogen-bond acceptors (Lipinski definition) is 4. The average Bonchev–Trinajstić information content (AvgIpc) is 2.34. The molecule has 2 atom stereocenters. The Bertz CT molecular complexity index is 267. The van der Waals surface area contributed by atoms with Gasteiger partial charge in [0.05, 0.1) is 19.1 Å². The van der Waals surface area contributed by atoms with E-state index in [1.165, 1.54) is 7.11 Å². The number of methoxy groups -OCH3 is 1. The number of nitrogens with one attached hydrogen (secondary N) is 2. The van der Waals surface area contributed by atoms with Gasteiger partial charge in [0.1, 0.15) is 0 Å². The summed E-state index contributed by atoms with van der Waals surface area (Å²) in [6.07, 6.45) is 1.39. The smallest absolute Gasteiger partial charge is 0.308 e. The summed E-state index contributed by atoms with van der Waals surface area (Å²) < 4.78 is 4.63. The first kappa shape index (κ1) is 16.9. The molecule has 0 unspecified atom stereocenters. The fraction of sp³-hybridized carbons (Fsp3) is 0.846. The van der Waals surface area contributed by atoms with Gasteiger partial charge in [0.15, 0.2) is 0 Å². The van der Waals surface area contributed by atoms with Crippen LogP contribution in [0, 0.1) is 11.8 Å². The molecule has 0 aromatic rings. The second kappa shape index (κ2) is 8.91. The lowest BCUT2D eigenvalue weighted by molar-refractivity contribution is -0.145. The molecule has 0 rings (SSSR count). The highest BCUT2D eigenvalue weighted by molar-refractivity contribution is 5.81. The van der Waals surface area contributed by atoms with Gasteiger partial charge >= 0.3 is 5.97 Å². The minimum atomic E-state index is -0.239. The van der Waals surface area contributed by atoms with Gasteiger partial charge in [-0.3, -0.25) is 9.59 Å². The van der Waals surface area contributed by atoms with Crippen LogP contribution < -0.4 is 10.6 Å². The maximum absolute atomic E-state index is 11.8. The summed E-state index contributed by atoms with van der Waals surface area (Å²) in [5.74, 6) is 0.0236. The average molecular weight is 258 g/mol. The van der Waals surface area contributed by atoms with Crippen LogP contribution in [0.15, 0.2) is 0 Å². The lowest BCUT2D eigenvalue weighted by Gasteiger charge is -2.18. The molecule has 106 valence electrons. The van der Waals surface area contributed by atoms with Crippen LogP contribution in [0.4, 0.5) is 0 Å². The molecular formula is C13H26N2O3. The summed E-state index contributed by atoms with van der Waals surface area (Å²) in [4.78, 5) is 23.0. The van der Waals surface area contributed by atoms with E-state index >= 15 is 0 Å². The number of ether oxygens (including phenoxy) is 1. The first-order chi connectivity index (χ1) is 8.42. The van der Waals surface area contributed by atoms with Crippen molar-refractivity contribution in [2.24, 2.45) is 11.8 Å². The summed E-state index contributed by atoms with van der Waals surface area (Å²) in [5, 5.41) is 5.84. The minimum Gasteiger partial charge on any atom is -0.469 e. The van der Waals surface area contributed by atoms with Crippen LogP contribution in [0.25, 0.3) is 0 Å². The van der Waals surface area contributed by atoms with E-state index in [2.05, 4.69) is 29.2 Å². The number of likely N-dealkylation sites (N-methyl/N-ethyl adjacent to an activating group) is 1. The predicted octanol–water partition coefficient (Wildman–Crippen LogP) is 0.936. The molecule has 0 bridgehead atoms. The highest BCUT2D eigenvalue weighted by Gasteiger charge is 2.18. The Labute approximate surface area is 110 Å². The van der Waals surface area contributed by atoms with Gasteiger partial charge in [0.25, 0.3) is 0 Å². The summed E-state index contributed by atoms with van der Waals surface area (Å²) in [6, 6.07) is -0.168. The monoisotopic (exact) mass is 258 g/mol. The van der Waals surface area contributed by atoms with Crippen molar-refractivity contribution in [2.75, 3.05) is 20.7 Å².